The van der Waals surface area contributed by atoms with Crippen LogP contribution in [0.25, 0.3) is 6.08 Å². The SMILES string of the molecule is CCC/C(=C\c1ccc(O)cc1)CC[C@H]1OB(O)C[C@H]2C1=C(CO)C[C@H]1C(=O)N(CCC)C(=O)[C@H]12. The molecule has 188 valence electrons. The van der Waals surface area contributed by atoms with Crippen LogP contribution < -0.4 is 0 Å². The van der Waals surface area contributed by atoms with Crippen LogP contribution in [0.15, 0.2) is 41.0 Å². The minimum atomic E-state index is -1.01. The molecule has 2 amide bonds. The second-order valence-corrected chi connectivity index (χ2v) is 9.99. The van der Waals surface area contributed by atoms with Crippen molar-refractivity contribution in [2.45, 2.75) is 64.8 Å². The van der Waals surface area contributed by atoms with E-state index < -0.39 is 25.1 Å². The van der Waals surface area contributed by atoms with Crippen LogP contribution in [-0.2, 0) is 14.2 Å². The van der Waals surface area contributed by atoms with E-state index >= 15 is 0 Å². The van der Waals surface area contributed by atoms with E-state index in [0.29, 0.717) is 25.8 Å². The Morgan fingerprint density at radius 2 is 1.86 bits per heavy atom. The Morgan fingerprint density at radius 1 is 1.11 bits per heavy atom. The third kappa shape index (κ3) is 5.25. The van der Waals surface area contributed by atoms with Crippen molar-refractivity contribution in [3.63, 3.8) is 0 Å². The molecule has 0 unspecified atom stereocenters. The summed E-state index contributed by atoms with van der Waals surface area (Å²) in [5.74, 6) is -1.30. The van der Waals surface area contributed by atoms with Gasteiger partial charge in [0.2, 0.25) is 11.8 Å². The van der Waals surface area contributed by atoms with Crippen molar-refractivity contribution in [1.29, 1.82) is 0 Å². The Hall–Kier alpha value is -2.42. The van der Waals surface area contributed by atoms with Gasteiger partial charge in [0.25, 0.3) is 0 Å². The van der Waals surface area contributed by atoms with E-state index in [1.165, 1.54) is 10.5 Å². The van der Waals surface area contributed by atoms with E-state index in [1.807, 2.05) is 19.1 Å². The van der Waals surface area contributed by atoms with E-state index in [2.05, 4.69) is 13.0 Å². The summed E-state index contributed by atoms with van der Waals surface area (Å²) < 4.78 is 5.98. The molecule has 1 aliphatic carbocycles. The minimum absolute atomic E-state index is 0.145. The molecule has 0 saturated carbocycles. The molecule has 35 heavy (non-hydrogen) atoms. The van der Waals surface area contributed by atoms with Crippen molar-refractivity contribution < 1.29 is 29.5 Å². The molecule has 4 atom stereocenters. The fraction of sp³-hybridized carbons (Fsp3) is 0.556. The van der Waals surface area contributed by atoms with Crippen LogP contribution in [-0.4, -0.2) is 58.3 Å². The maximum absolute atomic E-state index is 13.3. The molecule has 3 N–H and O–H groups in total. The number of phenolic OH excluding ortho intramolecular Hbond substituents is 1. The summed E-state index contributed by atoms with van der Waals surface area (Å²) in [5, 5.41) is 30.4. The standard InChI is InChI=1S/C27H36BNO6/c1-3-5-17(13-18-6-9-20(31)10-7-18)8-11-23-24-19(16-30)14-21-25(22(24)15-28(34)35-23)27(33)29(12-4-2)26(21)32/h6-7,9-10,13,21-23,25,30-31,34H,3-5,8,11-12,14-16H2,1-2H3/b17-13+/t21-,22+,23-,25-/m1/s1. The number of carbonyl (C=O) groups excluding carboxylic acids is 2. The Kier molecular flexibility index (Phi) is 8.14. The molecule has 2 fully saturated rings. The number of nitrogens with zero attached hydrogens (tertiary/aromatic N) is 1. The fourth-order valence-electron chi connectivity index (χ4n) is 6.13. The van der Waals surface area contributed by atoms with Gasteiger partial charge in [-0.2, -0.15) is 0 Å². The summed E-state index contributed by atoms with van der Waals surface area (Å²) in [6.45, 7) is 4.30. The Morgan fingerprint density at radius 3 is 2.51 bits per heavy atom. The maximum atomic E-state index is 13.3. The highest BCUT2D eigenvalue weighted by molar-refractivity contribution is 6.43. The van der Waals surface area contributed by atoms with Crippen molar-refractivity contribution in [3.05, 3.63) is 46.5 Å². The van der Waals surface area contributed by atoms with Crippen molar-refractivity contribution in [1.82, 2.24) is 4.90 Å². The first kappa shape index (κ1) is 25.7. The molecule has 8 heteroatoms. The van der Waals surface area contributed by atoms with E-state index in [9.17, 15) is 24.8 Å². The zero-order chi connectivity index (χ0) is 25.1. The number of phenols is 1. The lowest BCUT2D eigenvalue weighted by molar-refractivity contribution is -0.140. The van der Waals surface area contributed by atoms with Gasteiger partial charge in [0, 0.05) is 6.54 Å². The van der Waals surface area contributed by atoms with Crippen LogP contribution in [0.5, 0.6) is 5.75 Å². The molecule has 1 aromatic rings. The third-order valence-corrected chi connectivity index (χ3v) is 7.60. The van der Waals surface area contributed by atoms with Gasteiger partial charge in [0.15, 0.2) is 0 Å². The van der Waals surface area contributed by atoms with Gasteiger partial charge in [-0.1, -0.05) is 44.1 Å². The number of carbonyl (C=O) groups is 2. The highest BCUT2D eigenvalue weighted by Crippen LogP contribution is 2.50. The quantitative estimate of drug-likeness (QED) is 0.283. The Labute approximate surface area is 207 Å². The number of aliphatic hydroxyl groups excluding tert-OH is 1. The molecule has 2 heterocycles. The molecule has 0 spiro atoms. The highest BCUT2D eigenvalue weighted by atomic mass is 16.5. The number of aliphatic hydroxyl groups is 1. The first-order valence-electron chi connectivity index (χ1n) is 12.9. The van der Waals surface area contributed by atoms with Gasteiger partial charge >= 0.3 is 7.12 Å². The van der Waals surface area contributed by atoms with Gasteiger partial charge in [-0.3, -0.25) is 14.5 Å². The number of rotatable bonds is 9. The first-order valence-corrected chi connectivity index (χ1v) is 12.9. The summed E-state index contributed by atoms with van der Waals surface area (Å²) in [4.78, 5) is 27.6. The smallest absolute Gasteiger partial charge is 0.455 e. The van der Waals surface area contributed by atoms with Gasteiger partial charge in [-0.05, 0) is 73.2 Å². The molecule has 7 nitrogen and oxygen atoms in total. The average Bonchev–Trinajstić information content (AvgIpc) is 3.08. The molecule has 3 aliphatic rings. The predicted molar refractivity (Wildman–Crippen MR) is 134 cm³/mol. The van der Waals surface area contributed by atoms with E-state index in [0.717, 1.165) is 36.0 Å². The molecular weight excluding hydrogens is 445 g/mol. The minimum Gasteiger partial charge on any atom is -0.508 e. The van der Waals surface area contributed by atoms with Crippen LogP contribution >= 0.6 is 0 Å². The lowest BCUT2D eigenvalue weighted by atomic mass is 9.58. The number of hydrogen-bond acceptors (Lipinski definition) is 6. The largest absolute Gasteiger partial charge is 0.508 e. The second-order valence-electron chi connectivity index (χ2n) is 9.99. The number of hydrogen-bond donors (Lipinski definition) is 3. The zero-order valence-corrected chi connectivity index (χ0v) is 20.7. The molecule has 2 saturated heterocycles. The van der Waals surface area contributed by atoms with Crippen LogP contribution in [0.1, 0.15) is 57.9 Å². The van der Waals surface area contributed by atoms with Gasteiger partial charge in [0.05, 0.1) is 24.5 Å². The number of fused-ring (bicyclic) bond motifs is 3. The van der Waals surface area contributed by atoms with E-state index in [-0.39, 0.29) is 36.4 Å². The molecule has 0 aromatic heterocycles. The molecule has 0 radical (unpaired) electrons. The van der Waals surface area contributed by atoms with Gasteiger partial charge in [-0.25, -0.2) is 0 Å². The lowest BCUT2D eigenvalue weighted by Gasteiger charge is -2.43. The van der Waals surface area contributed by atoms with Crippen molar-refractivity contribution in [2.24, 2.45) is 17.8 Å². The monoisotopic (exact) mass is 481 g/mol. The number of benzene rings is 1. The summed E-state index contributed by atoms with van der Waals surface area (Å²) in [6.07, 6.45) is 6.32. The molecule has 2 aliphatic heterocycles. The van der Waals surface area contributed by atoms with Crippen molar-refractivity contribution in [2.75, 3.05) is 13.2 Å². The average molecular weight is 481 g/mol. The lowest BCUT2D eigenvalue weighted by Crippen LogP contribution is -2.46. The number of allylic oxidation sites excluding steroid dienone is 1. The molecular formula is C27H36BNO6. The predicted octanol–water partition coefficient (Wildman–Crippen LogP) is 3.56. The van der Waals surface area contributed by atoms with Crippen LogP contribution in [0.4, 0.5) is 0 Å². The van der Waals surface area contributed by atoms with Crippen LogP contribution in [0.3, 0.4) is 0 Å². The van der Waals surface area contributed by atoms with Crippen LogP contribution in [0.2, 0.25) is 6.32 Å². The van der Waals surface area contributed by atoms with Crippen LogP contribution in [0, 0.1) is 17.8 Å². The van der Waals surface area contributed by atoms with Gasteiger partial charge in [0.1, 0.15) is 5.75 Å². The van der Waals surface area contributed by atoms with Gasteiger partial charge in [-0.15, -0.1) is 0 Å². The summed E-state index contributed by atoms with van der Waals surface area (Å²) >= 11 is 0. The second kappa shape index (κ2) is 11.1. The van der Waals surface area contributed by atoms with Crippen molar-refractivity contribution in [3.8, 4) is 5.75 Å². The Balaban J connectivity index is 1.59. The highest BCUT2D eigenvalue weighted by Gasteiger charge is 2.56. The van der Waals surface area contributed by atoms with Gasteiger partial charge < -0.3 is 19.9 Å². The summed E-state index contributed by atoms with van der Waals surface area (Å²) in [6, 6.07) is 7.08. The number of aromatic hydroxyl groups is 1. The number of likely N-dealkylation sites (tertiary alicyclic amines) is 1. The number of amides is 2. The van der Waals surface area contributed by atoms with E-state index in [1.54, 1.807) is 12.1 Å². The fourth-order valence-corrected chi connectivity index (χ4v) is 6.13. The summed E-state index contributed by atoms with van der Waals surface area (Å²) in [5.41, 5.74) is 3.95. The normalized spacial score (nSPS) is 26.9. The molecule has 1 aromatic carbocycles. The van der Waals surface area contributed by atoms with E-state index in [4.69, 9.17) is 4.65 Å². The molecule has 0 bridgehead atoms. The maximum Gasteiger partial charge on any atom is 0.455 e. The third-order valence-electron chi connectivity index (χ3n) is 7.60. The zero-order valence-electron chi connectivity index (χ0n) is 20.7. The van der Waals surface area contributed by atoms with Crippen molar-refractivity contribution >= 4 is 25.0 Å². The topological polar surface area (TPSA) is 107 Å². The Bertz CT molecular complexity index is 1000. The summed E-state index contributed by atoms with van der Waals surface area (Å²) in [7, 11) is -1.01. The first-order chi connectivity index (χ1) is 16.9. The molecule has 4 rings (SSSR count). The number of imide groups is 1.